The molecule has 0 saturated heterocycles. The van der Waals surface area contributed by atoms with Crippen LogP contribution in [0.3, 0.4) is 0 Å². The number of allylic oxidation sites excluding steroid dienone is 1. The minimum atomic E-state index is -0.309. The van der Waals surface area contributed by atoms with Gasteiger partial charge in [0.2, 0.25) is 0 Å². The van der Waals surface area contributed by atoms with Crippen molar-refractivity contribution in [2.45, 2.75) is 65.5 Å². The molecule has 0 aromatic rings. The molecule has 4 heteroatoms. The average Bonchev–Trinajstić information content (AvgIpc) is 2.37. The highest BCUT2D eigenvalue weighted by molar-refractivity contribution is 5.92. The molecule has 0 unspecified atom stereocenters. The van der Waals surface area contributed by atoms with Crippen LogP contribution in [0.2, 0.25) is 0 Å². The van der Waals surface area contributed by atoms with E-state index in [1.165, 1.54) is 12.5 Å². The van der Waals surface area contributed by atoms with Crippen molar-refractivity contribution in [3.63, 3.8) is 0 Å². The van der Waals surface area contributed by atoms with Gasteiger partial charge in [0.25, 0.3) is 0 Å². The van der Waals surface area contributed by atoms with Crippen molar-refractivity contribution < 1.29 is 14.3 Å². The molecule has 1 aliphatic carbocycles. The number of carbonyl (C=O) groups excluding carboxylic acids is 2. The Morgan fingerprint density at radius 3 is 2.67 bits per heavy atom. The normalized spacial score (nSPS) is 33.4. The molecule has 0 aromatic heterocycles. The van der Waals surface area contributed by atoms with Gasteiger partial charge in [0.15, 0.2) is 5.78 Å². The molecule has 2 rings (SSSR count). The highest BCUT2D eigenvalue weighted by Gasteiger charge is 2.35. The third kappa shape index (κ3) is 3.86. The van der Waals surface area contributed by atoms with Crippen molar-refractivity contribution in [2.75, 3.05) is 0 Å². The Bertz CT molecular complexity index is 430. The molecule has 1 amide bonds. The maximum atomic E-state index is 12.4. The SMILES string of the molecule is CC(C)[C@@H]1CC[C@@H](C)C[C@H]1OC(=O)N1C=CC(=O)C[C@@H]1C. The van der Waals surface area contributed by atoms with E-state index in [1.807, 2.05) is 6.92 Å². The van der Waals surface area contributed by atoms with E-state index in [-0.39, 0.29) is 24.0 Å². The summed E-state index contributed by atoms with van der Waals surface area (Å²) in [6.07, 6.45) is 6.38. The first-order valence-electron chi connectivity index (χ1n) is 8.08. The highest BCUT2D eigenvalue weighted by Crippen LogP contribution is 2.35. The number of ether oxygens (including phenoxy) is 1. The molecule has 1 fully saturated rings. The third-order valence-corrected chi connectivity index (χ3v) is 4.82. The molecular weight excluding hydrogens is 266 g/mol. The van der Waals surface area contributed by atoms with Gasteiger partial charge in [-0.3, -0.25) is 9.69 Å². The lowest BCUT2D eigenvalue weighted by Crippen LogP contribution is -2.43. The van der Waals surface area contributed by atoms with Crippen LogP contribution in [0.15, 0.2) is 12.3 Å². The summed E-state index contributed by atoms with van der Waals surface area (Å²) in [4.78, 5) is 25.3. The van der Waals surface area contributed by atoms with E-state index in [9.17, 15) is 9.59 Å². The molecule has 4 nitrogen and oxygen atoms in total. The molecule has 1 aliphatic heterocycles. The zero-order valence-corrected chi connectivity index (χ0v) is 13.5. The number of ketones is 1. The smallest absolute Gasteiger partial charge is 0.414 e. The first kappa shape index (κ1) is 16.1. The van der Waals surface area contributed by atoms with Gasteiger partial charge in [0, 0.05) is 18.7 Å². The van der Waals surface area contributed by atoms with Gasteiger partial charge in [0.05, 0.1) is 0 Å². The van der Waals surface area contributed by atoms with Crippen LogP contribution in [-0.2, 0) is 9.53 Å². The minimum Gasteiger partial charge on any atom is -0.446 e. The van der Waals surface area contributed by atoms with Crippen molar-refractivity contribution >= 4 is 11.9 Å². The Hall–Kier alpha value is -1.32. The summed E-state index contributed by atoms with van der Waals surface area (Å²) in [6.45, 7) is 8.50. The zero-order chi connectivity index (χ0) is 15.6. The largest absolute Gasteiger partial charge is 0.446 e. The van der Waals surface area contributed by atoms with Crippen LogP contribution in [0.25, 0.3) is 0 Å². The summed E-state index contributed by atoms with van der Waals surface area (Å²) in [6, 6.07) is -0.117. The predicted molar refractivity (Wildman–Crippen MR) is 81.7 cm³/mol. The van der Waals surface area contributed by atoms with Crippen molar-refractivity contribution in [3.8, 4) is 0 Å². The molecule has 0 radical (unpaired) electrons. The lowest BCUT2D eigenvalue weighted by Gasteiger charge is -2.38. The van der Waals surface area contributed by atoms with Gasteiger partial charge < -0.3 is 4.74 Å². The van der Waals surface area contributed by atoms with Crippen molar-refractivity contribution in [2.24, 2.45) is 17.8 Å². The summed E-state index contributed by atoms with van der Waals surface area (Å²) >= 11 is 0. The Morgan fingerprint density at radius 2 is 2.05 bits per heavy atom. The summed E-state index contributed by atoms with van der Waals surface area (Å²) in [5, 5.41) is 0. The number of carbonyl (C=O) groups is 2. The minimum absolute atomic E-state index is 0.000483. The molecule has 1 heterocycles. The molecule has 4 atom stereocenters. The Labute approximate surface area is 127 Å². The van der Waals surface area contributed by atoms with Crippen LogP contribution >= 0.6 is 0 Å². The first-order chi connectivity index (χ1) is 9.88. The van der Waals surface area contributed by atoms with Gasteiger partial charge in [-0.1, -0.05) is 27.2 Å². The number of hydrogen-bond donors (Lipinski definition) is 0. The lowest BCUT2D eigenvalue weighted by atomic mass is 9.75. The van der Waals surface area contributed by atoms with Gasteiger partial charge in [-0.2, -0.15) is 0 Å². The van der Waals surface area contributed by atoms with Crippen LogP contribution in [-0.4, -0.2) is 28.9 Å². The first-order valence-corrected chi connectivity index (χ1v) is 8.08. The number of rotatable bonds is 2. The lowest BCUT2D eigenvalue weighted by molar-refractivity contribution is -0.116. The molecule has 1 saturated carbocycles. The van der Waals surface area contributed by atoms with Crippen molar-refractivity contribution in [3.05, 3.63) is 12.3 Å². The van der Waals surface area contributed by atoms with Crippen LogP contribution in [0, 0.1) is 17.8 Å². The maximum absolute atomic E-state index is 12.4. The van der Waals surface area contributed by atoms with Gasteiger partial charge in [0.1, 0.15) is 6.10 Å². The van der Waals surface area contributed by atoms with E-state index in [1.54, 1.807) is 11.1 Å². The molecule has 2 aliphatic rings. The van der Waals surface area contributed by atoms with Gasteiger partial charge in [-0.15, -0.1) is 0 Å². The zero-order valence-electron chi connectivity index (χ0n) is 13.5. The highest BCUT2D eigenvalue weighted by atomic mass is 16.6. The van der Waals surface area contributed by atoms with E-state index in [2.05, 4.69) is 20.8 Å². The maximum Gasteiger partial charge on any atom is 0.414 e. The van der Waals surface area contributed by atoms with Crippen molar-refractivity contribution in [1.29, 1.82) is 0 Å². The summed E-state index contributed by atoms with van der Waals surface area (Å²) < 4.78 is 5.81. The summed E-state index contributed by atoms with van der Waals surface area (Å²) in [5.41, 5.74) is 0. The predicted octanol–water partition coefficient (Wildman–Crippen LogP) is 3.76. The third-order valence-electron chi connectivity index (χ3n) is 4.82. The second kappa shape index (κ2) is 6.63. The van der Waals surface area contributed by atoms with Crippen LogP contribution in [0.4, 0.5) is 4.79 Å². The molecule has 0 aromatic carbocycles. The van der Waals surface area contributed by atoms with Gasteiger partial charge in [-0.05, 0) is 43.6 Å². The average molecular weight is 293 g/mol. The van der Waals surface area contributed by atoms with Crippen LogP contribution in [0.5, 0.6) is 0 Å². The van der Waals surface area contributed by atoms with Gasteiger partial charge >= 0.3 is 6.09 Å². The fourth-order valence-electron chi connectivity index (χ4n) is 3.45. The number of amides is 1. The summed E-state index contributed by atoms with van der Waals surface area (Å²) in [7, 11) is 0. The van der Waals surface area contributed by atoms with E-state index in [4.69, 9.17) is 4.74 Å². The van der Waals surface area contributed by atoms with E-state index >= 15 is 0 Å². The number of hydrogen-bond acceptors (Lipinski definition) is 3. The van der Waals surface area contributed by atoms with Gasteiger partial charge in [-0.25, -0.2) is 4.79 Å². The quantitative estimate of drug-likeness (QED) is 0.778. The van der Waals surface area contributed by atoms with E-state index in [0.29, 0.717) is 24.2 Å². The molecular formula is C17H27NO3. The van der Waals surface area contributed by atoms with E-state index in [0.717, 1.165) is 12.8 Å². The molecule has 0 spiro atoms. The second-order valence-electron chi connectivity index (χ2n) is 6.99. The molecule has 21 heavy (non-hydrogen) atoms. The molecule has 0 bridgehead atoms. The molecule has 118 valence electrons. The fourth-order valence-corrected chi connectivity index (χ4v) is 3.45. The van der Waals surface area contributed by atoms with Crippen LogP contribution < -0.4 is 0 Å². The fraction of sp³-hybridized carbons (Fsp3) is 0.765. The Kier molecular flexibility index (Phi) is 5.07. The Balaban J connectivity index is 2.02. The topological polar surface area (TPSA) is 46.6 Å². The second-order valence-corrected chi connectivity index (χ2v) is 6.99. The molecule has 0 N–H and O–H groups in total. The van der Waals surface area contributed by atoms with Crippen LogP contribution in [0.1, 0.15) is 53.4 Å². The van der Waals surface area contributed by atoms with E-state index < -0.39 is 0 Å². The van der Waals surface area contributed by atoms with Crippen molar-refractivity contribution in [1.82, 2.24) is 4.90 Å². The monoisotopic (exact) mass is 293 g/mol. The number of nitrogens with zero attached hydrogens (tertiary/aromatic N) is 1. The summed E-state index contributed by atoms with van der Waals surface area (Å²) in [5.74, 6) is 1.63. The Morgan fingerprint density at radius 1 is 1.33 bits per heavy atom. The standard InChI is InChI=1S/C17H27NO3/c1-11(2)15-6-5-12(3)9-16(15)21-17(20)18-8-7-14(19)10-13(18)4/h7-8,11-13,15-16H,5-6,9-10H2,1-4H3/t12-,13+,15+,16-/m1/s1.